The quantitative estimate of drug-likeness (QED) is 0.111. The number of likely N-dealkylation sites (tertiary alicyclic amines) is 1. The number of aryl methyl sites for hydroxylation is 2. The third-order valence-corrected chi connectivity index (χ3v) is 13.2. The second-order valence-electron chi connectivity index (χ2n) is 12.4. The molecule has 7 rings (SSSR count). The number of rotatable bonds is 7. The first-order valence-corrected chi connectivity index (χ1v) is 17.4. The number of aromatic nitrogens is 5. The fourth-order valence-electron chi connectivity index (χ4n) is 6.45. The molecule has 2 N–H and O–H groups in total. The first kappa shape index (κ1) is 32.2. The first-order chi connectivity index (χ1) is 22.7. The van der Waals surface area contributed by atoms with Crippen molar-refractivity contribution < 1.29 is 53.9 Å². The molecule has 1 aromatic carbocycles. The number of ketones is 1. The Morgan fingerprint density at radius 3 is 2.60 bits per heavy atom. The zero-order valence-corrected chi connectivity index (χ0v) is 28.4. The van der Waals surface area contributed by atoms with E-state index in [0.29, 0.717) is 50.8 Å². The molecule has 15 heteroatoms. The van der Waals surface area contributed by atoms with Crippen LogP contribution in [0.4, 0.5) is 19.0 Å². The number of nitrogens with one attached hydrogen (secondary N) is 1. The molecule has 48 heavy (non-hydrogen) atoms. The number of halogens is 4. The van der Waals surface area contributed by atoms with Gasteiger partial charge in [0, 0.05) is 6.07 Å². The molecule has 0 bridgehead atoms. The number of alkyl halides is 5. The summed E-state index contributed by atoms with van der Waals surface area (Å²) in [5, 5.41) is 18.0. The van der Waals surface area contributed by atoms with E-state index in [-0.39, 0.29) is 38.1 Å². The van der Waals surface area contributed by atoms with Crippen molar-refractivity contribution in [2.45, 2.75) is 67.0 Å². The van der Waals surface area contributed by atoms with Gasteiger partial charge in [0.2, 0.25) is 0 Å². The van der Waals surface area contributed by atoms with Gasteiger partial charge in [0.25, 0.3) is 0 Å². The zero-order valence-electron chi connectivity index (χ0n) is 26.3. The monoisotopic (exact) mass is 772 g/mol. The van der Waals surface area contributed by atoms with Crippen molar-refractivity contribution in [2.75, 3.05) is 5.32 Å². The molecule has 2 aliphatic rings. The molecule has 2 saturated heterocycles. The van der Waals surface area contributed by atoms with Crippen LogP contribution in [-0.2, 0) is 28.9 Å². The summed E-state index contributed by atoms with van der Waals surface area (Å²) in [6.07, 6.45) is 0.811. The molecule has 5 aromatic rings. The predicted molar refractivity (Wildman–Crippen MR) is 165 cm³/mol. The Morgan fingerprint density at radius 2 is 1.90 bits per heavy atom. The average molecular weight is 773 g/mol. The third-order valence-electron chi connectivity index (χ3n) is 8.87. The third kappa shape index (κ3) is 5.51. The van der Waals surface area contributed by atoms with E-state index in [1.165, 1.54) is 13.0 Å². The minimum absolute atomic E-state index is 0.110. The molecule has 250 valence electrons. The zero-order chi connectivity index (χ0) is 34.3. The first-order valence-electron chi connectivity index (χ1n) is 15.1. The molecule has 0 radical (unpaired) electrons. The van der Waals surface area contributed by atoms with Gasteiger partial charge in [-0.3, -0.25) is 0 Å². The number of pyridine rings is 1. The van der Waals surface area contributed by atoms with Crippen LogP contribution < -0.4 is 26.5 Å². The van der Waals surface area contributed by atoms with Crippen LogP contribution in [0, 0.1) is 13.8 Å². The van der Waals surface area contributed by atoms with E-state index >= 15 is 0 Å². The summed E-state index contributed by atoms with van der Waals surface area (Å²) < 4.78 is 43.0. The van der Waals surface area contributed by atoms with Gasteiger partial charge in [0.1, 0.15) is 0 Å². The van der Waals surface area contributed by atoms with Crippen LogP contribution in [-0.4, -0.2) is 65.3 Å². The molecule has 3 atom stereocenters. The number of fused-ring (bicyclic) bond motifs is 3. The molecule has 0 unspecified atom stereocenters. The van der Waals surface area contributed by atoms with Crippen molar-refractivity contribution in [3.05, 3.63) is 77.0 Å². The second kappa shape index (κ2) is 11.4. The second-order valence-corrected chi connectivity index (χ2v) is 16.7. The van der Waals surface area contributed by atoms with Gasteiger partial charge in [-0.1, -0.05) is 0 Å². The number of anilines is 1. The fraction of sp³-hybridized carbons (Fsp3) is 0.333. The number of amides is 2. The molecule has 2 fully saturated rings. The molecule has 2 amide bonds. The predicted octanol–water partition coefficient (Wildman–Crippen LogP) is 1.50. The van der Waals surface area contributed by atoms with Crippen molar-refractivity contribution in [3.8, 4) is 11.1 Å². The Morgan fingerprint density at radius 1 is 1.12 bits per heavy atom. The van der Waals surface area contributed by atoms with Crippen molar-refractivity contribution in [3.63, 3.8) is 0 Å². The Balaban J connectivity index is 1.21. The van der Waals surface area contributed by atoms with Gasteiger partial charge in [-0.15, -0.1) is 0 Å². The normalized spacial score (nSPS) is 20.5. The van der Waals surface area contributed by atoms with Crippen molar-refractivity contribution in [2.24, 2.45) is 0 Å². The number of carbonyl (C=O) groups excluding carboxylic acids is 3. The van der Waals surface area contributed by atoms with E-state index in [1.54, 1.807) is 39.4 Å². The number of benzene rings is 1. The molecular formula is C33H30F3IN7O4-. The van der Waals surface area contributed by atoms with Crippen LogP contribution in [0.5, 0.6) is 0 Å². The van der Waals surface area contributed by atoms with E-state index in [4.69, 9.17) is 0 Å². The van der Waals surface area contributed by atoms with Crippen LogP contribution in [0.15, 0.2) is 48.9 Å². The van der Waals surface area contributed by atoms with Gasteiger partial charge in [-0.25, -0.2) is 0 Å². The number of hydrogen-bond donors (Lipinski definition) is 2. The number of Topliss-reactive ketones (excluding diaryl/α,β-unsaturated/α-hetero) is 1. The van der Waals surface area contributed by atoms with E-state index in [9.17, 15) is 32.7 Å². The van der Waals surface area contributed by atoms with Gasteiger partial charge in [0.05, 0.1) is 5.69 Å². The molecule has 0 aliphatic carbocycles. The van der Waals surface area contributed by atoms with E-state index in [0.717, 1.165) is 11.8 Å². The van der Waals surface area contributed by atoms with Crippen LogP contribution in [0.25, 0.3) is 27.7 Å². The number of carbonyl (C=O) groups is 3. The molecule has 11 nitrogen and oxygen atoms in total. The average Bonchev–Trinajstić information content (AvgIpc) is 3.29. The van der Waals surface area contributed by atoms with Gasteiger partial charge in [-0.2, -0.15) is 5.10 Å². The van der Waals surface area contributed by atoms with Gasteiger partial charge in [0.15, 0.2) is 5.65 Å². The summed E-state index contributed by atoms with van der Waals surface area (Å²) in [7, 11) is 0. The van der Waals surface area contributed by atoms with Crippen LogP contribution in [0.1, 0.15) is 53.1 Å². The molecule has 0 saturated carbocycles. The van der Waals surface area contributed by atoms with Crippen LogP contribution in [0.3, 0.4) is 0 Å². The Bertz CT molecular complexity index is 2180. The maximum absolute atomic E-state index is 14.1. The summed E-state index contributed by atoms with van der Waals surface area (Å²) in [5.41, 5.74) is 3.51. The van der Waals surface area contributed by atoms with Gasteiger partial charge < -0.3 is 0 Å². The summed E-state index contributed by atoms with van der Waals surface area (Å²) in [5.74, 6) is -1.40. The molecule has 0 spiro atoms. The fourth-order valence-corrected chi connectivity index (χ4v) is 9.84. The minimum atomic E-state index is -4.68. The maximum atomic E-state index is 14.1. The molecule has 4 aromatic heterocycles. The molecule has 2 aliphatic heterocycles. The van der Waals surface area contributed by atoms with Crippen LogP contribution >= 0.6 is 0 Å². The summed E-state index contributed by atoms with van der Waals surface area (Å²) >= 11 is -0.424. The Kier molecular flexibility index (Phi) is 7.62. The number of aliphatic hydroxyl groups is 1. The van der Waals surface area contributed by atoms with Crippen LogP contribution in [0.2, 0.25) is 0 Å². The van der Waals surface area contributed by atoms with Crippen molar-refractivity contribution >= 4 is 40.0 Å². The Hall–Kier alpha value is -4.38. The number of nitrogens with zero attached hydrogens (tertiary/aromatic N) is 6. The number of hydrogen-bond acceptors (Lipinski definition) is 7. The van der Waals surface area contributed by atoms with Crippen molar-refractivity contribution in [1.82, 2.24) is 29.0 Å². The SMILES string of the molecule is CC(=O)c1cn(CC(=O)N2[C@H](C(=O)Nc3nc(C(F)(F)F)ccc3C)C[C@@]3(C)[I-][C@@H]23)c2c(CO)cc(-c3cnc4cc(C)nn4c3)cc12. The standard InChI is InChI=1S/C33H30F3IN7O4/c1-16-5-6-25(33(34,35)36)39-29(16)40-30(48)24-10-32(4)31(37-32)44(24)27(47)14-42-13-23(18(3)46)22-9-19(8-20(15-45)28(22)42)21-11-38-26-7-17(2)41-43(26)12-21/h5-9,11-13,24,31,45H,10,14-15H2,1-4H3,(H,39,40,48)/q-1/t24-,31-,32+/m0/s1. The van der Waals surface area contributed by atoms with E-state index < -0.39 is 45.0 Å². The van der Waals surface area contributed by atoms with E-state index in [1.807, 2.05) is 32.2 Å². The summed E-state index contributed by atoms with van der Waals surface area (Å²) in [4.78, 5) is 50.1. The number of aliphatic hydroxyl groups excluding tert-OH is 1. The summed E-state index contributed by atoms with van der Waals surface area (Å²) in [6.45, 7) is 6.28. The Labute approximate surface area is 282 Å². The molecular weight excluding hydrogens is 742 g/mol. The van der Waals surface area contributed by atoms with E-state index in [2.05, 4.69) is 20.4 Å². The van der Waals surface area contributed by atoms with Gasteiger partial charge >= 0.3 is 254 Å². The topological polar surface area (TPSA) is 135 Å². The molecule has 6 heterocycles. The van der Waals surface area contributed by atoms with Crippen molar-refractivity contribution in [1.29, 1.82) is 0 Å². The summed E-state index contributed by atoms with van der Waals surface area (Å²) in [6, 6.07) is 6.66. The van der Waals surface area contributed by atoms with Gasteiger partial charge in [-0.05, 0) is 6.92 Å².